The molecule has 10 heteroatoms. The fourth-order valence-corrected chi connectivity index (χ4v) is 7.56. The van der Waals surface area contributed by atoms with E-state index in [1.165, 1.54) is 7.11 Å². The minimum absolute atomic E-state index is 0.00970. The van der Waals surface area contributed by atoms with Crippen molar-refractivity contribution in [3.05, 3.63) is 29.8 Å². The standard InChI is InChI=1S/C23H33N3O6S/c1-31-19-7-3-16(4-8-19)13-24-22(28)25-18-11-23(12-18)14-26(15-23)33(29,30)20-9-5-17(6-10-20)21(27)32-2/h3-4,7-8,17-18,20H,5-6,9-15H2,1-2H3,(H2,24,25,28). The van der Waals surface area contributed by atoms with Crippen molar-refractivity contribution in [1.29, 1.82) is 0 Å². The van der Waals surface area contributed by atoms with Crippen molar-refractivity contribution in [1.82, 2.24) is 14.9 Å². The highest BCUT2D eigenvalue weighted by atomic mass is 32.2. The Balaban J connectivity index is 1.16. The van der Waals surface area contributed by atoms with Crippen LogP contribution in [-0.4, -0.2) is 63.3 Å². The van der Waals surface area contributed by atoms with E-state index in [2.05, 4.69) is 10.6 Å². The van der Waals surface area contributed by atoms with E-state index in [1.54, 1.807) is 11.4 Å². The Morgan fingerprint density at radius 2 is 1.70 bits per heavy atom. The van der Waals surface area contributed by atoms with E-state index < -0.39 is 15.3 Å². The highest BCUT2D eigenvalue weighted by Crippen LogP contribution is 2.50. The number of ether oxygens (including phenoxy) is 2. The first-order valence-corrected chi connectivity index (χ1v) is 13.0. The SMILES string of the molecule is COC(=O)C1CCC(S(=O)(=O)N2CC3(CC(NC(=O)NCc4ccc(OC)cc4)C3)C2)CC1. The van der Waals surface area contributed by atoms with E-state index in [9.17, 15) is 18.0 Å². The van der Waals surface area contributed by atoms with Gasteiger partial charge in [0.15, 0.2) is 0 Å². The molecule has 1 aliphatic heterocycles. The molecule has 1 aromatic carbocycles. The topological polar surface area (TPSA) is 114 Å². The number of nitrogens with one attached hydrogen (secondary N) is 2. The molecule has 3 aliphatic rings. The summed E-state index contributed by atoms with van der Waals surface area (Å²) in [6.45, 7) is 1.48. The zero-order valence-corrected chi connectivity index (χ0v) is 20.0. The smallest absolute Gasteiger partial charge is 0.315 e. The first kappa shape index (κ1) is 23.8. The van der Waals surface area contributed by atoms with Crippen molar-refractivity contribution in [2.45, 2.75) is 56.4 Å². The van der Waals surface area contributed by atoms with Gasteiger partial charge in [0.2, 0.25) is 10.0 Å². The Morgan fingerprint density at radius 1 is 1.06 bits per heavy atom. The molecule has 33 heavy (non-hydrogen) atoms. The second-order valence-corrected chi connectivity index (χ2v) is 11.8. The molecule has 1 heterocycles. The van der Waals surface area contributed by atoms with Crippen LogP contribution in [0.15, 0.2) is 24.3 Å². The summed E-state index contributed by atoms with van der Waals surface area (Å²) in [7, 11) is -0.358. The quantitative estimate of drug-likeness (QED) is 0.579. The Hall–Kier alpha value is -2.33. The zero-order valence-electron chi connectivity index (χ0n) is 19.2. The molecule has 2 N–H and O–H groups in total. The molecule has 4 rings (SSSR count). The molecular weight excluding hydrogens is 446 g/mol. The summed E-state index contributed by atoms with van der Waals surface area (Å²) in [5.41, 5.74) is 0.973. The number of amides is 2. The van der Waals surface area contributed by atoms with E-state index in [1.807, 2.05) is 24.3 Å². The molecule has 2 saturated carbocycles. The molecule has 0 bridgehead atoms. The predicted molar refractivity (Wildman–Crippen MR) is 122 cm³/mol. The first-order chi connectivity index (χ1) is 15.7. The summed E-state index contributed by atoms with van der Waals surface area (Å²) in [6.07, 6.45) is 3.72. The molecule has 2 amide bonds. The van der Waals surface area contributed by atoms with Crippen LogP contribution in [0.1, 0.15) is 44.1 Å². The Kier molecular flexibility index (Phi) is 6.86. The van der Waals surface area contributed by atoms with Gasteiger partial charge in [-0.1, -0.05) is 12.1 Å². The number of carbonyl (C=O) groups is 2. The van der Waals surface area contributed by atoms with Crippen molar-refractivity contribution in [3.63, 3.8) is 0 Å². The van der Waals surface area contributed by atoms with Crippen LogP contribution in [0.25, 0.3) is 0 Å². The van der Waals surface area contributed by atoms with Crippen LogP contribution in [0.5, 0.6) is 5.75 Å². The van der Waals surface area contributed by atoms with E-state index in [4.69, 9.17) is 9.47 Å². The van der Waals surface area contributed by atoms with Gasteiger partial charge in [-0.05, 0) is 56.2 Å². The lowest BCUT2D eigenvalue weighted by Crippen LogP contribution is -2.68. The van der Waals surface area contributed by atoms with Gasteiger partial charge in [0.1, 0.15) is 5.75 Å². The van der Waals surface area contributed by atoms with Gasteiger partial charge in [-0.3, -0.25) is 4.79 Å². The third-order valence-corrected chi connectivity index (χ3v) is 9.61. The van der Waals surface area contributed by atoms with Crippen molar-refractivity contribution >= 4 is 22.0 Å². The van der Waals surface area contributed by atoms with E-state index in [0.29, 0.717) is 45.3 Å². The van der Waals surface area contributed by atoms with Crippen LogP contribution in [0.3, 0.4) is 0 Å². The minimum atomic E-state index is -3.34. The summed E-state index contributed by atoms with van der Waals surface area (Å²) >= 11 is 0. The number of carbonyl (C=O) groups excluding carboxylic acids is 2. The number of methoxy groups -OCH3 is 2. The summed E-state index contributed by atoms with van der Waals surface area (Å²) in [5, 5.41) is 5.44. The molecule has 2 aliphatic carbocycles. The number of hydrogen-bond acceptors (Lipinski definition) is 6. The molecule has 1 aromatic rings. The number of rotatable bonds is 7. The first-order valence-electron chi connectivity index (χ1n) is 11.5. The summed E-state index contributed by atoms with van der Waals surface area (Å²) in [6, 6.07) is 7.38. The van der Waals surface area contributed by atoms with Crippen LogP contribution in [0.4, 0.5) is 4.79 Å². The van der Waals surface area contributed by atoms with Crippen LogP contribution in [0, 0.1) is 11.3 Å². The minimum Gasteiger partial charge on any atom is -0.497 e. The van der Waals surface area contributed by atoms with Gasteiger partial charge in [0, 0.05) is 31.1 Å². The third kappa shape index (κ3) is 5.11. The summed E-state index contributed by atoms with van der Waals surface area (Å²) < 4.78 is 37.5. The van der Waals surface area contributed by atoms with Crippen LogP contribution in [-0.2, 0) is 26.1 Å². The molecule has 1 spiro atoms. The van der Waals surface area contributed by atoms with Gasteiger partial charge in [0.05, 0.1) is 25.4 Å². The molecule has 3 fully saturated rings. The highest BCUT2D eigenvalue weighted by molar-refractivity contribution is 7.89. The molecule has 0 radical (unpaired) electrons. The number of sulfonamides is 1. The van der Waals surface area contributed by atoms with Gasteiger partial charge in [-0.25, -0.2) is 17.5 Å². The average Bonchev–Trinajstić information content (AvgIpc) is 2.78. The number of esters is 1. The Bertz CT molecular complexity index is 958. The van der Waals surface area contributed by atoms with Gasteiger partial charge in [-0.15, -0.1) is 0 Å². The van der Waals surface area contributed by atoms with E-state index >= 15 is 0 Å². The molecule has 0 atom stereocenters. The van der Waals surface area contributed by atoms with Gasteiger partial charge >= 0.3 is 12.0 Å². The summed E-state index contributed by atoms with van der Waals surface area (Å²) in [5.74, 6) is 0.349. The third-order valence-electron chi connectivity index (χ3n) is 7.32. The van der Waals surface area contributed by atoms with Crippen LogP contribution in [0.2, 0.25) is 0 Å². The predicted octanol–water partition coefficient (Wildman–Crippen LogP) is 2.02. The molecule has 182 valence electrons. The lowest BCUT2D eigenvalue weighted by atomic mass is 9.61. The van der Waals surface area contributed by atoms with Crippen molar-refractivity contribution in [2.24, 2.45) is 11.3 Å². The van der Waals surface area contributed by atoms with Crippen molar-refractivity contribution in [2.75, 3.05) is 27.3 Å². The number of urea groups is 1. The fraction of sp³-hybridized carbons (Fsp3) is 0.652. The maximum Gasteiger partial charge on any atom is 0.315 e. The number of benzene rings is 1. The normalized spacial score (nSPS) is 24.9. The number of hydrogen-bond donors (Lipinski definition) is 2. The number of nitrogens with zero attached hydrogens (tertiary/aromatic N) is 1. The fourth-order valence-electron chi connectivity index (χ4n) is 5.36. The highest BCUT2D eigenvalue weighted by Gasteiger charge is 2.56. The second-order valence-electron chi connectivity index (χ2n) is 9.59. The Morgan fingerprint density at radius 3 is 2.27 bits per heavy atom. The molecule has 9 nitrogen and oxygen atoms in total. The molecule has 1 saturated heterocycles. The zero-order chi connectivity index (χ0) is 23.6. The maximum absolute atomic E-state index is 13.0. The molecular formula is C23H33N3O6S. The largest absolute Gasteiger partial charge is 0.497 e. The second kappa shape index (κ2) is 9.50. The average molecular weight is 480 g/mol. The lowest BCUT2D eigenvalue weighted by Gasteiger charge is -2.58. The summed E-state index contributed by atoms with van der Waals surface area (Å²) in [4.78, 5) is 23.9. The Labute approximate surface area is 195 Å². The van der Waals surface area contributed by atoms with E-state index in [-0.39, 0.29) is 29.4 Å². The molecule has 0 unspecified atom stereocenters. The van der Waals surface area contributed by atoms with E-state index in [0.717, 1.165) is 24.2 Å². The van der Waals surface area contributed by atoms with Gasteiger partial charge in [0.25, 0.3) is 0 Å². The van der Waals surface area contributed by atoms with Gasteiger partial charge in [-0.2, -0.15) is 0 Å². The van der Waals surface area contributed by atoms with Gasteiger partial charge < -0.3 is 20.1 Å². The van der Waals surface area contributed by atoms with Crippen molar-refractivity contribution < 1.29 is 27.5 Å². The van der Waals surface area contributed by atoms with Crippen LogP contribution >= 0.6 is 0 Å². The maximum atomic E-state index is 13.0. The lowest BCUT2D eigenvalue weighted by molar-refractivity contribution is -0.146. The monoisotopic (exact) mass is 479 g/mol. The van der Waals surface area contributed by atoms with Crippen LogP contribution < -0.4 is 15.4 Å². The van der Waals surface area contributed by atoms with Crippen molar-refractivity contribution in [3.8, 4) is 5.75 Å². The molecule has 0 aromatic heterocycles.